The van der Waals surface area contributed by atoms with Gasteiger partial charge in [-0.05, 0) is 38.8 Å². The van der Waals surface area contributed by atoms with E-state index in [-0.39, 0.29) is 12.0 Å². The second-order valence-electron chi connectivity index (χ2n) is 5.62. The zero-order valence-corrected chi connectivity index (χ0v) is 12.3. The largest absolute Gasteiger partial charge is 0.481 e. The molecule has 2 heterocycles. The highest BCUT2D eigenvalue weighted by Crippen LogP contribution is 2.24. The van der Waals surface area contributed by atoms with E-state index in [1.54, 1.807) is 11.3 Å². The molecule has 1 aliphatic rings. The van der Waals surface area contributed by atoms with Crippen LogP contribution < -0.4 is 5.32 Å². The summed E-state index contributed by atoms with van der Waals surface area (Å²) in [5.74, 6) is -0.771. The van der Waals surface area contributed by atoms with Crippen molar-refractivity contribution < 1.29 is 14.6 Å². The van der Waals surface area contributed by atoms with Crippen molar-refractivity contribution in [3.8, 4) is 0 Å². The van der Waals surface area contributed by atoms with Crippen molar-refractivity contribution in [1.29, 1.82) is 0 Å². The van der Waals surface area contributed by atoms with Crippen LogP contribution in [0.2, 0.25) is 0 Å². The van der Waals surface area contributed by atoms with Crippen LogP contribution >= 0.6 is 11.3 Å². The molecule has 0 saturated carbocycles. The minimum atomic E-state index is -0.771. The lowest BCUT2D eigenvalue weighted by Gasteiger charge is -2.35. The Hall–Kier alpha value is -0.910. The molecule has 1 aromatic heterocycles. The van der Waals surface area contributed by atoms with Crippen LogP contribution in [-0.2, 0) is 22.5 Å². The molecule has 1 unspecified atom stereocenters. The number of hydrogen-bond acceptors (Lipinski definition) is 4. The van der Waals surface area contributed by atoms with Crippen LogP contribution in [0.4, 0.5) is 0 Å². The fourth-order valence-corrected chi connectivity index (χ4v) is 3.37. The lowest BCUT2D eigenvalue weighted by atomic mass is 9.94. The Kier molecular flexibility index (Phi) is 4.60. The summed E-state index contributed by atoms with van der Waals surface area (Å²) >= 11 is 1.58. The zero-order valence-electron chi connectivity index (χ0n) is 11.4. The molecule has 1 aromatic rings. The van der Waals surface area contributed by atoms with Gasteiger partial charge in [0.15, 0.2) is 0 Å². The van der Waals surface area contributed by atoms with Crippen LogP contribution in [0.25, 0.3) is 0 Å². The van der Waals surface area contributed by atoms with E-state index in [0.29, 0.717) is 6.04 Å². The third kappa shape index (κ3) is 4.60. The number of nitrogens with one attached hydrogen (secondary N) is 1. The summed E-state index contributed by atoms with van der Waals surface area (Å²) < 4.78 is 5.69. The normalized spacial score (nSPS) is 22.3. The number of rotatable bonds is 5. The maximum Gasteiger partial charge on any atom is 0.308 e. The number of carboxylic acid groups (broad SMARTS) is 1. The van der Waals surface area contributed by atoms with Gasteiger partial charge in [-0.15, -0.1) is 11.3 Å². The van der Waals surface area contributed by atoms with E-state index >= 15 is 0 Å². The van der Waals surface area contributed by atoms with Gasteiger partial charge >= 0.3 is 5.97 Å². The fraction of sp³-hybridized carbons (Fsp3) is 0.643. The Labute approximate surface area is 117 Å². The van der Waals surface area contributed by atoms with Crippen molar-refractivity contribution in [2.45, 2.75) is 51.3 Å². The monoisotopic (exact) mass is 283 g/mol. The number of carboxylic acids is 1. The van der Waals surface area contributed by atoms with Crippen LogP contribution in [0, 0.1) is 0 Å². The Balaban J connectivity index is 1.82. The lowest BCUT2D eigenvalue weighted by Crippen LogP contribution is -2.43. The van der Waals surface area contributed by atoms with Crippen LogP contribution in [0.1, 0.15) is 36.4 Å². The number of hydrogen-bond donors (Lipinski definition) is 2. The highest BCUT2D eigenvalue weighted by atomic mass is 32.1. The van der Waals surface area contributed by atoms with Gasteiger partial charge in [-0.1, -0.05) is 0 Å². The number of carbonyl (C=O) groups is 1. The summed E-state index contributed by atoms with van der Waals surface area (Å²) in [6, 6.07) is 4.40. The average Bonchev–Trinajstić information content (AvgIpc) is 2.72. The summed E-state index contributed by atoms with van der Waals surface area (Å²) in [5, 5.41) is 12.3. The molecule has 0 bridgehead atoms. The quantitative estimate of drug-likeness (QED) is 0.871. The van der Waals surface area contributed by atoms with E-state index in [2.05, 4.69) is 19.2 Å². The zero-order chi connectivity index (χ0) is 13.9. The SMILES string of the molecule is CC1(C)CC(NCc2ccc(CC(=O)O)s2)CCO1. The Morgan fingerprint density at radius 3 is 2.95 bits per heavy atom. The van der Waals surface area contributed by atoms with Gasteiger partial charge in [-0.2, -0.15) is 0 Å². The highest BCUT2D eigenvalue weighted by molar-refractivity contribution is 7.12. The second-order valence-corrected chi connectivity index (χ2v) is 6.87. The molecule has 2 rings (SSSR count). The first-order chi connectivity index (χ1) is 8.94. The third-order valence-electron chi connectivity index (χ3n) is 3.30. The van der Waals surface area contributed by atoms with E-state index in [4.69, 9.17) is 9.84 Å². The minimum Gasteiger partial charge on any atom is -0.481 e. The molecule has 0 spiro atoms. The Morgan fingerprint density at radius 2 is 2.26 bits per heavy atom. The standard InChI is InChI=1S/C14H21NO3S/c1-14(2)8-10(5-6-18-14)15-9-12-4-3-11(19-12)7-13(16)17/h3-4,10,15H,5-9H2,1-2H3,(H,16,17). The van der Waals surface area contributed by atoms with Gasteiger partial charge < -0.3 is 15.2 Å². The molecule has 1 atom stereocenters. The van der Waals surface area contributed by atoms with Crippen LogP contribution in [0.15, 0.2) is 12.1 Å². The predicted molar refractivity (Wildman–Crippen MR) is 75.6 cm³/mol. The van der Waals surface area contributed by atoms with Crippen molar-refractivity contribution >= 4 is 17.3 Å². The first kappa shape index (κ1) is 14.5. The molecule has 0 aromatic carbocycles. The lowest BCUT2D eigenvalue weighted by molar-refractivity contribution is -0.136. The van der Waals surface area contributed by atoms with E-state index in [1.807, 2.05) is 12.1 Å². The molecule has 19 heavy (non-hydrogen) atoms. The first-order valence-corrected chi connectivity index (χ1v) is 7.43. The van der Waals surface area contributed by atoms with Gasteiger partial charge in [0.2, 0.25) is 0 Å². The minimum absolute atomic E-state index is 0.0418. The summed E-state index contributed by atoms with van der Waals surface area (Å²) in [4.78, 5) is 12.7. The van der Waals surface area contributed by atoms with Crippen LogP contribution in [-0.4, -0.2) is 29.3 Å². The Morgan fingerprint density at radius 1 is 1.53 bits per heavy atom. The summed E-state index contributed by atoms with van der Waals surface area (Å²) in [6.07, 6.45) is 2.17. The molecule has 4 nitrogen and oxygen atoms in total. The molecule has 0 radical (unpaired) electrons. The highest BCUT2D eigenvalue weighted by Gasteiger charge is 2.28. The van der Waals surface area contributed by atoms with Crippen molar-refractivity contribution in [3.05, 3.63) is 21.9 Å². The molecular weight excluding hydrogens is 262 g/mol. The molecule has 1 saturated heterocycles. The maximum atomic E-state index is 10.6. The van der Waals surface area contributed by atoms with Crippen LogP contribution in [0.3, 0.4) is 0 Å². The van der Waals surface area contributed by atoms with E-state index in [1.165, 1.54) is 4.88 Å². The van der Waals surface area contributed by atoms with Gasteiger partial charge in [0.1, 0.15) is 0 Å². The molecule has 5 heteroatoms. The molecule has 1 aliphatic heterocycles. The molecule has 0 aliphatic carbocycles. The van der Waals surface area contributed by atoms with Gasteiger partial charge in [0.05, 0.1) is 12.0 Å². The third-order valence-corrected chi connectivity index (χ3v) is 4.39. The van der Waals surface area contributed by atoms with Gasteiger partial charge in [0.25, 0.3) is 0 Å². The van der Waals surface area contributed by atoms with Gasteiger partial charge in [-0.3, -0.25) is 4.79 Å². The molecular formula is C14H21NO3S. The summed E-state index contributed by atoms with van der Waals surface area (Å²) in [6.45, 7) is 5.86. The molecule has 1 fully saturated rings. The van der Waals surface area contributed by atoms with E-state index in [9.17, 15) is 4.79 Å². The predicted octanol–water partition coefficient (Wildman–Crippen LogP) is 2.42. The molecule has 106 valence electrons. The van der Waals surface area contributed by atoms with E-state index in [0.717, 1.165) is 30.9 Å². The number of aliphatic carboxylic acids is 1. The van der Waals surface area contributed by atoms with Crippen molar-refractivity contribution in [1.82, 2.24) is 5.32 Å². The first-order valence-electron chi connectivity index (χ1n) is 6.61. The summed E-state index contributed by atoms with van der Waals surface area (Å²) in [5.41, 5.74) is -0.0418. The van der Waals surface area contributed by atoms with Crippen molar-refractivity contribution in [3.63, 3.8) is 0 Å². The topological polar surface area (TPSA) is 58.6 Å². The van der Waals surface area contributed by atoms with Crippen LogP contribution in [0.5, 0.6) is 0 Å². The van der Waals surface area contributed by atoms with Gasteiger partial charge in [0, 0.05) is 28.9 Å². The fourth-order valence-electron chi connectivity index (χ4n) is 2.41. The van der Waals surface area contributed by atoms with Gasteiger partial charge in [-0.25, -0.2) is 0 Å². The smallest absolute Gasteiger partial charge is 0.308 e. The molecule has 0 amide bonds. The molecule has 2 N–H and O–H groups in total. The second kappa shape index (κ2) is 6.03. The number of thiophene rings is 1. The maximum absolute atomic E-state index is 10.6. The van der Waals surface area contributed by atoms with Crippen molar-refractivity contribution in [2.24, 2.45) is 0 Å². The number of ether oxygens (including phenoxy) is 1. The van der Waals surface area contributed by atoms with Crippen molar-refractivity contribution in [2.75, 3.05) is 6.61 Å². The Bertz CT molecular complexity index is 442. The average molecular weight is 283 g/mol. The summed E-state index contributed by atoms with van der Waals surface area (Å²) in [7, 11) is 0. The van der Waals surface area contributed by atoms with E-state index < -0.39 is 5.97 Å².